The molecule has 0 N–H and O–H groups in total. The minimum atomic E-state index is 0.597. The van der Waals surface area contributed by atoms with E-state index in [1.54, 1.807) is 0 Å². The van der Waals surface area contributed by atoms with Gasteiger partial charge in [0.15, 0.2) is 0 Å². The second-order valence-electron chi connectivity index (χ2n) is 4.42. The lowest BCUT2D eigenvalue weighted by Gasteiger charge is -2.08. The van der Waals surface area contributed by atoms with Gasteiger partial charge in [-0.25, -0.2) is 0 Å². The van der Waals surface area contributed by atoms with Crippen LogP contribution in [0.15, 0.2) is 12.2 Å². The van der Waals surface area contributed by atoms with Crippen LogP contribution < -0.4 is 0 Å². The zero-order valence-electron chi connectivity index (χ0n) is 7.15. The van der Waals surface area contributed by atoms with Crippen molar-refractivity contribution in [2.45, 2.75) is 33.6 Å². The van der Waals surface area contributed by atoms with Gasteiger partial charge in [-0.2, -0.15) is 0 Å². The van der Waals surface area contributed by atoms with E-state index >= 15 is 0 Å². The minimum Gasteiger partial charge on any atom is -0.0879 e. The lowest BCUT2D eigenvalue weighted by Crippen LogP contribution is -2.00. The number of hydrogen-bond donors (Lipinski definition) is 0. The van der Waals surface area contributed by atoms with Crippen LogP contribution in [0.2, 0.25) is 0 Å². The van der Waals surface area contributed by atoms with E-state index in [1.165, 1.54) is 12.8 Å². The first-order valence-corrected chi connectivity index (χ1v) is 4.29. The van der Waals surface area contributed by atoms with Crippen LogP contribution in [0.1, 0.15) is 33.6 Å². The van der Waals surface area contributed by atoms with E-state index in [2.05, 4.69) is 32.9 Å². The topological polar surface area (TPSA) is 0 Å². The van der Waals surface area contributed by atoms with E-state index in [4.69, 9.17) is 0 Å². The summed E-state index contributed by atoms with van der Waals surface area (Å²) in [6.07, 6.45) is 7.53. The molecule has 0 amide bonds. The van der Waals surface area contributed by atoms with Crippen molar-refractivity contribution in [1.82, 2.24) is 0 Å². The lowest BCUT2D eigenvalue weighted by atomic mass is 9.96. The van der Waals surface area contributed by atoms with Crippen LogP contribution in [0, 0.1) is 16.7 Å². The Morgan fingerprint density at radius 1 is 1.40 bits per heavy atom. The highest BCUT2D eigenvalue weighted by molar-refractivity contribution is 5.27. The van der Waals surface area contributed by atoms with Crippen LogP contribution in [0.3, 0.4) is 0 Å². The monoisotopic (exact) mass is 136 g/mol. The van der Waals surface area contributed by atoms with E-state index in [-0.39, 0.29) is 0 Å². The van der Waals surface area contributed by atoms with Gasteiger partial charge in [-0.3, -0.25) is 0 Å². The van der Waals surface area contributed by atoms with E-state index in [0.29, 0.717) is 10.8 Å². The predicted octanol–water partition coefficient (Wildman–Crippen LogP) is 3.00. The average molecular weight is 136 g/mol. The molecule has 0 aromatic heterocycles. The third-order valence-corrected chi connectivity index (χ3v) is 4.11. The Morgan fingerprint density at radius 2 is 2.00 bits per heavy atom. The Hall–Kier alpha value is -0.260. The van der Waals surface area contributed by atoms with Gasteiger partial charge in [-0.05, 0) is 29.6 Å². The Labute approximate surface area is 63.3 Å². The minimum absolute atomic E-state index is 0.597. The maximum Gasteiger partial charge on any atom is -0.00303 e. The van der Waals surface area contributed by atoms with Crippen molar-refractivity contribution in [1.29, 1.82) is 0 Å². The molecular weight excluding hydrogens is 120 g/mol. The van der Waals surface area contributed by atoms with Crippen molar-refractivity contribution in [2.24, 2.45) is 16.7 Å². The Morgan fingerprint density at radius 3 is 2.20 bits per heavy atom. The Bertz CT molecular complexity index is 188. The maximum absolute atomic E-state index is 2.46. The van der Waals surface area contributed by atoms with Crippen LogP contribution in [0.25, 0.3) is 0 Å². The molecule has 0 radical (unpaired) electrons. The van der Waals surface area contributed by atoms with Crippen molar-refractivity contribution in [3.05, 3.63) is 12.2 Å². The van der Waals surface area contributed by atoms with Gasteiger partial charge >= 0.3 is 0 Å². The zero-order valence-corrected chi connectivity index (χ0v) is 7.15. The van der Waals surface area contributed by atoms with Crippen molar-refractivity contribution in [2.75, 3.05) is 0 Å². The molecule has 2 atom stereocenters. The number of rotatable bonds is 0. The van der Waals surface area contributed by atoms with Gasteiger partial charge in [0.1, 0.15) is 0 Å². The fourth-order valence-electron chi connectivity index (χ4n) is 2.76. The molecule has 0 aromatic rings. The average Bonchev–Trinajstić information content (AvgIpc) is 2.43. The molecule has 1 fully saturated rings. The second-order valence-corrected chi connectivity index (χ2v) is 4.42. The highest BCUT2D eigenvalue weighted by Gasteiger charge is 2.66. The summed E-state index contributed by atoms with van der Waals surface area (Å²) in [6.45, 7) is 7.18. The van der Waals surface area contributed by atoms with E-state index in [0.717, 1.165) is 5.92 Å². The first kappa shape index (κ1) is 6.45. The van der Waals surface area contributed by atoms with Crippen LogP contribution >= 0.6 is 0 Å². The molecule has 2 rings (SSSR count). The number of allylic oxidation sites excluding steroid dienone is 2. The van der Waals surface area contributed by atoms with E-state index in [1.807, 2.05) is 0 Å². The number of hydrogen-bond acceptors (Lipinski definition) is 0. The molecule has 0 saturated heterocycles. The van der Waals surface area contributed by atoms with Gasteiger partial charge in [0.05, 0.1) is 0 Å². The molecule has 2 aliphatic carbocycles. The van der Waals surface area contributed by atoms with Gasteiger partial charge in [-0.15, -0.1) is 0 Å². The molecule has 0 aromatic carbocycles. The fourth-order valence-corrected chi connectivity index (χ4v) is 2.76. The van der Waals surface area contributed by atoms with Gasteiger partial charge in [0.2, 0.25) is 0 Å². The summed E-state index contributed by atoms with van der Waals surface area (Å²) in [5, 5.41) is 0. The van der Waals surface area contributed by atoms with Crippen molar-refractivity contribution >= 4 is 0 Å². The van der Waals surface area contributed by atoms with Crippen molar-refractivity contribution < 1.29 is 0 Å². The standard InChI is InChI=1S/C10H16/c1-8-9(2,3)10(8)6-4-5-7-10/h4,6,8H,5,7H2,1-3H3. The summed E-state index contributed by atoms with van der Waals surface area (Å²) in [6, 6.07) is 0. The third kappa shape index (κ3) is 0.457. The molecule has 56 valence electrons. The van der Waals surface area contributed by atoms with Gasteiger partial charge in [0, 0.05) is 0 Å². The summed E-state index contributed by atoms with van der Waals surface area (Å²) in [5.74, 6) is 0.916. The van der Waals surface area contributed by atoms with E-state index in [9.17, 15) is 0 Å². The van der Waals surface area contributed by atoms with Crippen LogP contribution in [-0.2, 0) is 0 Å². The molecule has 0 heterocycles. The summed E-state index contributed by atoms with van der Waals surface area (Å²) >= 11 is 0. The summed E-state index contributed by atoms with van der Waals surface area (Å²) < 4.78 is 0. The second kappa shape index (κ2) is 1.49. The highest BCUT2D eigenvalue weighted by atomic mass is 14.7. The predicted molar refractivity (Wildman–Crippen MR) is 43.8 cm³/mol. The molecule has 0 bridgehead atoms. The largest absolute Gasteiger partial charge is 0.0879 e. The van der Waals surface area contributed by atoms with Gasteiger partial charge < -0.3 is 0 Å². The lowest BCUT2D eigenvalue weighted by molar-refractivity contribution is 0.459. The van der Waals surface area contributed by atoms with Gasteiger partial charge in [-0.1, -0.05) is 32.9 Å². The Kier molecular flexibility index (Phi) is 0.962. The molecule has 1 spiro atoms. The maximum atomic E-state index is 2.46. The smallest absolute Gasteiger partial charge is 0.00303 e. The SMILES string of the molecule is CC1C(C)(C)C12C=CCC2. The molecule has 1 saturated carbocycles. The first-order valence-electron chi connectivity index (χ1n) is 4.29. The Balaban J connectivity index is 2.29. The molecule has 0 nitrogen and oxygen atoms in total. The van der Waals surface area contributed by atoms with Crippen LogP contribution in [0.4, 0.5) is 0 Å². The highest BCUT2D eigenvalue weighted by Crippen LogP contribution is 2.73. The van der Waals surface area contributed by atoms with Crippen molar-refractivity contribution in [3.8, 4) is 0 Å². The molecular formula is C10H16. The molecule has 0 heteroatoms. The van der Waals surface area contributed by atoms with Gasteiger partial charge in [0.25, 0.3) is 0 Å². The third-order valence-electron chi connectivity index (χ3n) is 4.11. The summed E-state index contributed by atoms with van der Waals surface area (Å²) in [4.78, 5) is 0. The molecule has 2 aliphatic rings. The fraction of sp³-hybridized carbons (Fsp3) is 0.800. The molecule has 2 unspecified atom stereocenters. The van der Waals surface area contributed by atoms with Crippen LogP contribution in [-0.4, -0.2) is 0 Å². The molecule has 10 heavy (non-hydrogen) atoms. The van der Waals surface area contributed by atoms with Crippen molar-refractivity contribution in [3.63, 3.8) is 0 Å². The summed E-state index contributed by atoms with van der Waals surface area (Å²) in [7, 11) is 0. The normalized spacial score (nSPS) is 48.5. The summed E-state index contributed by atoms with van der Waals surface area (Å²) in [5.41, 5.74) is 1.22. The van der Waals surface area contributed by atoms with E-state index < -0.39 is 0 Å². The quantitative estimate of drug-likeness (QED) is 0.449. The molecule has 0 aliphatic heterocycles. The first-order chi connectivity index (χ1) is 4.61. The zero-order chi connectivity index (χ0) is 7.41. The van der Waals surface area contributed by atoms with Crippen LogP contribution in [0.5, 0.6) is 0 Å².